The van der Waals surface area contributed by atoms with Gasteiger partial charge in [0, 0.05) is 41.8 Å². The number of amides is 2. The Kier molecular flexibility index (Phi) is 5.40. The molecule has 2 aliphatic rings. The number of aromatic amines is 1. The zero-order valence-electron chi connectivity index (χ0n) is 16.8. The topological polar surface area (TPSA) is 65.6 Å². The van der Waals surface area contributed by atoms with Gasteiger partial charge in [0.05, 0.1) is 13.2 Å². The highest BCUT2D eigenvalue weighted by Crippen LogP contribution is 2.26. The van der Waals surface area contributed by atoms with Crippen LogP contribution in [0, 0.1) is 13.8 Å². The molecule has 3 heterocycles. The van der Waals surface area contributed by atoms with Crippen molar-refractivity contribution in [2.75, 3.05) is 32.8 Å². The molecule has 0 saturated carbocycles. The summed E-state index contributed by atoms with van der Waals surface area (Å²) in [5.41, 5.74) is 3.85. The Morgan fingerprint density at radius 2 is 1.79 bits per heavy atom. The average molecular weight is 383 g/mol. The summed E-state index contributed by atoms with van der Waals surface area (Å²) in [6.45, 7) is 6.90. The lowest BCUT2D eigenvalue weighted by molar-refractivity contribution is -0.148. The Hall–Kier alpha value is -2.34. The first-order valence-corrected chi connectivity index (χ1v) is 10.3. The summed E-state index contributed by atoms with van der Waals surface area (Å²) in [6.07, 6.45) is 3.91. The molecule has 1 N–H and O–H groups in total. The highest BCUT2D eigenvalue weighted by molar-refractivity contribution is 6.08. The fraction of sp³-hybridized carbons (Fsp3) is 0.545. The molecule has 28 heavy (non-hydrogen) atoms. The number of benzene rings is 1. The number of carbonyl (C=O) groups excluding carboxylic acids is 2. The number of ether oxygens (including phenoxy) is 1. The first-order chi connectivity index (χ1) is 13.6. The molecule has 4 rings (SSSR count). The van der Waals surface area contributed by atoms with Crippen molar-refractivity contribution in [2.45, 2.75) is 45.6 Å². The Bertz CT molecular complexity index is 881. The van der Waals surface area contributed by atoms with Crippen molar-refractivity contribution in [1.29, 1.82) is 0 Å². The molecule has 2 amide bonds. The van der Waals surface area contributed by atoms with E-state index in [0.29, 0.717) is 25.3 Å². The summed E-state index contributed by atoms with van der Waals surface area (Å²) in [7, 11) is 0. The number of carbonyl (C=O) groups is 2. The summed E-state index contributed by atoms with van der Waals surface area (Å²) in [5.74, 6) is 0.0101. The maximum atomic E-state index is 13.3. The number of rotatable bonds is 2. The predicted octanol–water partition coefficient (Wildman–Crippen LogP) is 3.03. The van der Waals surface area contributed by atoms with E-state index in [1.54, 1.807) is 4.90 Å². The van der Waals surface area contributed by atoms with Gasteiger partial charge in [-0.3, -0.25) is 9.59 Å². The Morgan fingerprint density at radius 3 is 2.54 bits per heavy atom. The largest absolute Gasteiger partial charge is 0.365 e. The van der Waals surface area contributed by atoms with Crippen LogP contribution in [0.1, 0.15) is 47.3 Å². The van der Waals surface area contributed by atoms with Crippen LogP contribution in [0.3, 0.4) is 0 Å². The molecule has 0 bridgehead atoms. The van der Waals surface area contributed by atoms with E-state index in [0.717, 1.165) is 48.1 Å². The van der Waals surface area contributed by atoms with E-state index in [9.17, 15) is 9.59 Å². The first-order valence-electron chi connectivity index (χ1n) is 10.3. The third kappa shape index (κ3) is 3.53. The molecule has 1 aromatic heterocycles. The lowest BCUT2D eigenvalue weighted by Crippen LogP contribution is -2.52. The van der Waals surface area contributed by atoms with Gasteiger partial charge in [-0.25, -0.2) is 0 Å². The van der Waals surface area contributed by atoms with E-state index >= 15 is 0 Å². The zero-order valence-corrected chi connectivity index (χ0v) is 16.8. The van der Waals surface area contributed by atoms with Crippen LogP contribution in [0.4, 0.5) is 0 Å². The molecule has 6 heteroatoms. The Morgan fingerprint density at radius 1 is 1.04 bits per heavy atom. The van der Waals surface area contributed by atoms with Gasteiger partial charge in [-0.2, -0.15) is 0 Å². The van der Waals surface area contributed by atoms with Gasteiger partial charge in [0.1, 0.15) is 0 Å². The summed E-state index contributed by atoms with van der Waals surface area (Å²) in [6, 6.07) is 5.79. The minimum absolute atomic E-state index is 0.0235. The molecule has 0 aliphatic carbocycles. The SMILES string of the molecule is Cc1[nH]c2cccc(C(=O)N3CCO[C@@H](C(=O)N4CCCCCC4)C3)c2c1C. The zero-order chi connectivity index (χ0) is 19.7. The minimum Gasteiger partial charge on any atom is -0.365 e. The highest BCUT2D eigenvalue weighted by Gasteiger charge is 2.33. The number of morpholine rings is 1. The number of fused-ring (bicyclic) bond motifs is 1. The van der Waals surface area contributed by atoms with Gasteiger partial charge in [-0.1, -0.05) is 18.9 Å². The van der Waals surface area contributed by atoms with Gasteiger partial charge in [-0.15, -0.1) is 0 Å². The van der Waals surface area contributed by atoms with Crippen LogP contribution in [-0.4, -0.2) is 65.5 Å². The molecule has 150 valence electrons. The first kappa shape index (κ1) is 19.0. The number of hydrogen-bond acceptors (Lipinski definition) is 3. The third-order valence-electron chi connectivity index (χ3n) is 6.10. The van der Waals surface area contributed by atoms with Gasteiger partial charge in [0.25, 0.3) is 11.8 Å². The number of H-pyrrole nitrogens is 1. The highest BCUT2D eigenvalue weighted by atomic mass is 16.5. The molecule has 0 radical (unpaired) electrons. The molecule has 0 unspecified atom stereocenters. The Labute approximate surface area is 165 Å². The molecule has 1 atom stereocenters. The Balaban J connectivity index is 1.53. The number of aromatic nitrogens is 1. The van der Waals surface area contributed by atoms with E-state index in [-0.39, 0.29) is 11.8 Å². The number of aryl methyl sites for hydroxylation is 2. The van der Waals surface area contributed by atoms with Crippen molar-refractivity contribution in [3.63, 3.8) is 0 Å². The average Bonchev–Trinajstić information content (AvgIpc) is 2.91. The van der Waals surface area contributed by atoms with E-state index in [2.05, 4.69) is 4.98 Å². The predicted molar refractivity (Wildman–Crippen MR) is 108 cm³/mol. The van der Waals surface area contributed by atoms with Crippen molar-refractivity contribution >= 4 is 22.7 Å². The molecule has 2 saturated heterocycles. The summed E-state index contributed by atoms with van der Waals surface area (Å²) < 4.78 is 5.77. The minimum atomic E-state index is -0.552. The van der Waals surface area contributed by atoms with Crippen molar-refractivity contribution in [1.82, 2.24) is 14.8 Å². The van der Waals surface area contributed by atoms with Crippen LogP contribution in [-0.2, 0) is 9.53 Å². The van der Waals surface area contributed by atoms with Crippen LogP contribution < -0.4 is 0 Å². The van der Waals surface area contributed by atoms with Crippen LogP contribution in [0.25, 0.3) is 10.9 Å². The second-order valence-corrected chi connectivity index (χ2v) is 7.95. The molecule has 2 aliphatic heterocycles. The maximum absolute atomic E-state index is 13.3. The van der Waals surface area contributed by atoms with Crippen LogP contribution in [0.15, 0.2) is 18.2 Å². The van der Waals surface area contributed by atoms with Crippen molar-refractivity contribution in [3.8, 4) is 0 Å². The molecule has 1 aromatic carbocycles. The van der Waals surface area contributed by atoms with Crippen molar-refractivity contribution in [2.24, 2.45) is 0 Å². The third-order valence-corrected chi connectivity index (χ3v) is 6.10. The lowest BCUT2D eigenvalue weighted by atomic mass is 10.0. The summed E-state index contributed by atoms with van der Waals surface area (Å²) in [5, 5.41) is 0.979. The quantitative estimate of drug-likeness (QED) is 0.867. The van der Waals surface area contributed by atoms with Crippen LogP contribution in [0.5, 0.6) is 0 Å². The van der Waals surface area contributed by atoms with E-state index in [1.807, 2.05) is 36.9 Å². The van der Waals surface area contributed by atoms with Gasteiger partial charge in [0.2, 0.25) is 0 Å². The van der Waals surface area contributed by atoms with Crippen molar-refractivity contribution in [3.05, 3.63) is 35.0 Å². The smallest absolute Gasteiger partial charge is 0.254 e. The number of nitrogens with zero attached hydrogens (tertiary/aromatic N) is 2. The number of nitrogens with one attached hydrogen (secondary N) is 1. The molecular formula is C22H29N3O3. The molecule has 2 fully saturated rings. The fourth-order valence-electron chi connectivity index (χ4n) is 4.37. The number of likely N-dealkylation sites (tertiary alicyclic amines) is 1. The second kappa shape index (κ2) is 7.95. The van der Waals surface area contributed by atoms with Crippen LogP contribution >= 0.6 is 0 Å². The van der Waals surface area contributed by atoms with E-state index in [4.69, 9.17) is 4.74 Å². The molecule has 2 aromatic rings. The second-order valence-electron chi connectivity index (χ2n) is 7.95. The van der Waals surface area contributed by atoms with Gasteiger partial charge in [0.15, 0.2) is 6.10 Å². The van der Waals surface area contributed by atoms with Gasteiger partial charge in [-0.05, 0) is 44.4 Å². The molecular weight excluding hydrogens is 354 g/mol. The maximum Gasteiger partial charge on any atom is 0.254 e. The summed E-state index contributed by atoms with van der Waals surface area (Å²) in [4.78, 5) is 33.3. The van der Waals surface area contributed by atoms with Crippen LogP contribution in [0.2, 0.25) is 0 Å². The number of hydrogen-bond donors (Lipinski definition) is 1. The monoisotopic (exact) mass is 383 g/mol. The fourth-order valence-corrected chi connectivity index (χ4v) is 4.37. The summed E-state index contributed by atoms with van der Waals surface area (Å²) >= 11 is 0. The van der Waals surface area contributed by atoms with E-state index < -0.39 is 6.10 Å². The lowest BCUT2D eigenvalue weighted by Gasteiger charge is -2.35. The van der Waals surface area contributed by atoms with E-state index in [1.165, 1.54) is 12.8 Å². The van der Waals surface area contributed by atoms with Crippen molar-refractivity contribution < 1.29 is 14.3 Å². The van der Waals surface area contributed by atoms with Gasteiger partial charge >= 0.3 is 0 Å². The van der Waals surface area contributed by atoms with Gasteiger partial charge < -0.3 is 19.5 Å². The normalized spacial score (nSPS) is 21.0. The molecule has 6 nitrogen and oxygen atoms in total. The standard InChI is InChI=1S/C22H29N3O3/c1-15-16(2)23-18-9-7-8-17(20(15)18)21(26)25-12-13-28-19(14-25)22(27)24-10-5-3-4-6-11-24/h7-9,19,23H,3-6,10-14H2,1-2H3/t19-/m1/s1. The molecule has 0 spiro atoms.